The second-order valence-electron chi connectivity index (χ2n) is 2.55. The van der Waals surface area contributed by atoms with Gasteiger partial charge in [-0.25, -0.2) is 4.79 Å². The SMILES string of the molecule is O=C1OC(Cl)Cc2ccncc21. The van der Waals surface area contributed by atoms with Crippen LogP contribution in [0.3, 0.4) is 0 Å². The van der Waals surface area contributed by atoms with Gasteiger partial charge >= 0.3 is 5.97 Å². The molecule has 1 aromatic rings. The molecule has 0 aromatic carbocycles. The van der Waals surface area contributed by atoms with Gasteiger partial charge in [0.15, 0.2) is 5.56 Å². The highest BCUT2D eigenvalue weighted by Crippen LogP contribution is 2.20. The molecule has 2 heterocycles. The lowest BCUT2D eigenvalue weighted by molar-refractivity contribution is 0.0414. The van der Waals surface area contributed by atoms with Crippen LogP contribution in [0.1, 0.15) is 15.9 Å². The van der Waals surface area contributed by atoms with E-state index in [1.165, 1.54) is 6.20 Å². The molecule has 3 nitrogen and oxygen atoms in total. The van der Waals surface area contributed by atoms with E-state index in [2.05, 4.69) is 4.98 Å². The molecule has 1 atom stereocenters. The molecule has 1 aliphatic rings. The molecule has 0 N–H and O–H groups in total. The van der Waals surface area contributed by atoms with E-state index in [0.717, 1.165) is 5.56 Å². The van der Waals surface area contributed by atoms with E-state index in [1.54, 1.807) is 12.3 Å². The van der Waals surface area contributed by atoms with Crippen molar-refractivity contribution in [2.75, 3.05) is 0 Å². The van der Waals surface area contributed by atoms with Gasteiger partial charge in [0.2, 0.25) is 0 Å². The Morgan fingerprint density at radius 2 is 2.50 bits per heavy atom. The molecule has 1 aliphatic heterocycles. The topological polar surface area (TPSA) is 39.2 Å². The third kappa shape index (κ3) is 1.16. The van der Waals surface area contributed by atoms with Crippen molar-refractivity contribution < 1.29 is 9.53 Å². The molecule has 0 amide bonds. The number of carbonyl (C=O) groups is 1. The molecule has 0 bridgehead atoms. The van der Waals surface area contributed by atoms with Gasteiger partial charge in [0.25, 0.3) is 0 Å². The van der Waals surface area contributed by atoms with Crippen molar-refractivity contribution in [1.82, 2.24) is 4.98 Å². The van der Waals surface area contributed by atoms with Crippen LogP contribution in [0.25, 0.3) is 0 Å². The maximum Gasteiger partial charge on any atom is 0.341 e. The predicted molar refractivity (Wildman–Crippen MR) is 43.0 cm³/mol. The summed E-state index contributed by atoms with van der Waals surface area (Å²) in [4.78, 5) is 15.0. The number of fused-ring (bicyclic) bond motifs is 1. The standard InChI is InChI=1S/C8H6ClNO2/c9-7-3-5-1-2-10-4-6(5)8(11)12-7/h1-2,4,7H,3H2. The first-order valence-corrected chi connectivity index (χ1v) is 3.99. The normalized spacial score (nSPS) is 21.4. The van der Waals surface area contributed by atoms with Crippen LogP contribution in [0.2, 0.25) is 0 Å². The third-order valence-corrected chi connectivity index (χ3v) is 1.99. The smallest absolute Gasteiger partial charge is 0.341 e. The first-order chi connectivity index (χ1) is 5.77. The highest BCUT2D eigenvalue weighted by atomic mass is 35.5. The molecule has 2 rings (SSSR count). The molecule has 0 fully saturated rings. The number of hydrogen-bond donors (Lipinski definition) is 0. The highest BCUT2D eigenvalue weighted by Gasteiger charge is 2.24. The molecule has 0 spiro atoms. The van der Waals surface area contributed by atoms with Crippen molar-refractivity contribution in [3.63, 3.8) is 0 Å². The van der Waals surface area contributed by atoms with Gasteiger partial charge in [-0.3, -0.25) is 4.98 Å². The molecule has 0 radical (unpaired) electrons. The molecule has 4 heteroatoms. The second kappa shape index (κ2) is 2.75. The van der Waals surface area contributed by atoms with Crippen molar-refractivity contribution in [2.24, 2.45) is 0 Å². The molecular formula is C8H6ClNO2. The van der Waals surface area contributed by atoms with Crippen molar-refractivity contribution >= 4 is 17.6 Å². The molecule has 0 aliphatic carbocycles. The highest BCUT2D eigenvalue weighted by molar-refractivity contribution is 6.21. The Bertz CT molecular complexity index is 327. The number of rotatable bonds is 0. The van der Waals surface area contributed by atoms with Gasteiger partial charge in [0.1, 0.15) is 0 Å². The van der Waals surface area contributed by atoms with Gasteiger partial charge in [0, 0.05) is 18.8 Å². The summed E-state index contributed by atoms with van der Waals surface area (Å²) in [7, 11) is 0. The number of hydrogen-bond acceptors (Lipinski definition) is 3. The zero-order chi connectivity index (χ0) is 8.55. The molecule has 0 saturated carbocycles. The summed E-state index contributed by atoms with van der Waals surface area (Å²) in [5, 5.41) is 0. The van der Waals surface area contributed by atoms with Gasteiger partial charge in [-0.1, -0.05) is 11.6 Å². The Kier molecular flexibility index (Phi) is 1.73. The summed E-state index contributed by atoms with van der Waals surface area (Å²) < 4.78 is 4.80. The molecule has 1 unspecified atom stereocenters. The van der Waals surface area contributed by atoms with Crippen molar-refractivity contribution in [2.45, 2.75) is 12.0 Å². The lowest BCUT2D eigenvalue weighted by Gasteiger charge is -2.18. The average molecular weight is 184 g/mol. The molecule has 1 aromatic heterocycles. The van der Waals surface area contributed by atoms with Crippen LogP contribution in [-0.2, 0) is 11.2 Å². The number of alkyl halides is 1. The monoisotopic (exact) mass is 183 g/mol. The Balaban J connectivity index is 2.47. The number of aromatic nitrogens is 1. The molecule has 0 saturated heterocycles. The third-order valence-electron chi connectivity index (χ3n) is 1.75. The van der Waals surface area contributed by atoms with Crippen LogP contribution in [0.4, 0.5) is 0 Å². The minimum absolute atomic E-state index is 0.385. The van der Waals surface area contributed by atoms with Gasteiger partial charge < -0.3 is 4.74 Å². The first-order valence-electron chi connectivity index (χ1n) is 3.55. The summed E-state index contributed by atoms with van der Waals surface area (Å²) in [5.74, 6) is -0.385. The van der Waals surface area contributed by atoms with Gasteiger partial charge in [-0.05, 0) is 11.6 Å². The van der Waals surface area contributed by atoms with Crippen LogP contribution in [0.15, 0.2) is 18.5 Å². The van der Waals surface area contributed by atoms with E-state index in [1.807, 2.05) is 0 Å². The van der Waals surface area contributed by atoms with Crippen LogP contribution < -0.4 is 0 Å². The molecular weight excluding hydrogens is 178 g/mol. The van der Waals surface area contributed by atoms with E-state index in [0.29, 0.717) is 12.0 Å². The Morgan fingerprint density at radius 1 is 1.67 bits per heavy atom. The Labute approximate surface area is 74.3 Å². The summed E-state index contributed by atoms with van der Waals surface area (Å²) >= 11 is 5.68. The zero-order valence-corrected chi connectivity index (χ0v) is 6.91. The van der Waals surface area contributed by atoms with Gasteiger partial charge in [-0.15, -0.1) is 0 Å². The van der Waals surface area contributed by atoms with E-state index < -0.39 is 5.56 Å². The van der Waals surface area contributed by atoms with Crippen molar-refractivity contribution in [1.29, 1.82) is 0 Å². The van der Waals surface area contributed by atoms with E-state index in [9.17, 15) is 4.79 Å². The predicted octanol–water partition coefficient (Wildman–Crippen LogP) is 1.36. The molecule has 12 heavy (non-hydrogen) atoms. The number of halogens is 1. The maximum absolute atomic E-state index is 11.1. The number of carbonyl (C=O) groups excluding carboxylic acids is 1. The Hall–Kier alpha value is -1.09. The fourth-order valence-corrected chi connectivity index (χ4v) is 1.43. The first kappa shape index (κ1) is 7.55. The van der Waals surface area contributed by atoms with E-state index >= 15 is 0 Å². The fraction of sp³-hybridized carbons (Fsp3) is 0.250. The van der Waals surface area contributed by atoms with Crippen molar-refractivity contribution in [3.05, 3.63) is 29.6 Å². The fourth-order valence-electron chi connectivity index (χ4n) is 1.18. The number of esters is 1. The summed E-state index contributed by atoms with van der Waals surface area (Å²) in [6.45, 7) is 0. The average Bonchev–Trinajstić information content (AvgIpc) is 2.04. The number of ether oxygens (including phenoxy) is 1. The maximum atomic E-state index is 11.1. The van der Waals surface area contributed by atoms with Crippen LogP contribution in [0, 0.1) is 0 Å². The van der Waals surface area contributed by atoms with E-state index in [-0.39, 0.29) is 5.97 Å². The van der Waals surface area contributed by atoms with Crippen molar-refractivity contribution in [3.8, 4) is 0 Å². The van der Waals surface area contributed by atoms with Gasteiger partial charge in [-0.2, -0.15) is 0 Å². The second-order valence-corrected chi connectivity index (χ2v) is 3.04. The van der Waals surface area contributed by atoms with Gasteiger partial charge in [0.05, 0.1) is 5.56 Å². The van der Waals surface area contributed by atoms with Crippen LogP contribution in [-0.4, -0.2) is 16.5 Å². The Morgan fingerprint density at radius 3 is 3.33 bits per heavy atom. The zero-order valence-electron chi connectivity index (χ0n) is 6.16. The largest absolute Gasteiger partial charge is 0.442 e. The quantitative estimate of drug-likeness (QED) is 0.450. The summed E-state index contributed by atoms with van der Waals surface area (Å²) in [6, 6.07) is 1.78. The molecule has 62 valence electrons. The minimum atomic E-state index is -0.535. The van der Waals surface area contributed by atoms with Crippen LogP contribution >= 0.6 is 11.6 Å². The summed E-state index contributed by atoms with van der Waals surface area (Å²) in [6.07, 6.45) is 3.70. The number of cyclic esters (lactones) is 1. The minimum Gasteiger partial charge on any atom is -0.442 e. The van der Waals surface area contributed by atoms with E-state index in [4.69, 9.17) is 16.3 Å². The van der Waals surface area contributed by atoms with Crippen LogP contribution in [0.5, 0.6) is 0 Å². The number of nitrogens with zero attached hydrogens (tertiary/aromatic N) is 1. The number of pyridine rings is 1. The lowest BCUT2D eigenvalue weighted by Crippen LogP contribution is -2.23. The summed E-state index contributed by atoms with van der Waals surface area (Å²) in [5.41, 5.74) is 0.892. The lowest BCUT2D eigenvalue weighted by atomic mass is 10.1.